The molecule has 7 heteroatoms. The average Bonchev–Trinajstić information content (AvgIpc) is 3.40. The highest BCUT2D eigenvalue weighted by atomic mass is 16.6. The molecule has 6 aromatic rings. The number of fused-ring (bicyclic) bond motifs is 3. The van der Waals surface area contributed by atoms with Crippen LogP contribution in [0.25, 0.3) is 27.5 Å². The lowest BCUT2D eigenvalue weighted by molar-refractivity contribution is -0.348. The van der Waals surface area contributed by atoms with Gasteiger partial charge in [0.2, 0.25) is 0 Å². The molecule has 0 bridgehead atoms. The van der Waals surface area contributed by atoms with Gasteiger partial charge in [-0.3, -0.25) is 4.98 Å². The molecule has 0 saturated carbocycles. The molecule has 43 heavy (non-hydrogen) atoms. The van der Waals surface area contributed by atoms with Crippen molar-refractivity contribution in [2.24, 2.45) is 4.99 Å². The summed E-state index contributed by atoms with van der Waals surface area (Å²) in [6, 6.07) is 37.2. The molecule has 0 unspecified atom stereocenters. The van der Waals surface area contributed by atoms with E-state index in [1.165, 1.54) is 13.1 Å². The number of nitro groups is 1. The van der Waals surface area contributed by atoms with E-state index in [2.05, 4.69) is 100 Å². The first-order chi connectivity index (χ1) is 21.1. The van der Waals surface area contributed by atoms with Crippen LogP contribution in [0.5, 0.6) is 0 Å². The number of pyridine rings is 2. The van der Waals surface area contributed by atoms with Gasteiger partial charge in [-0.1, -0.05) is 96.0 Å². The van der Waals surface area contributed by atoms with Crippen LogP contribution < -0.4 is 0 Å². The van der Waals surface area contributed by atoms with Crippen LogP contribution in [-0.2, 0) is 5.54 Å². The van der Waals surface area contributed by atoms with Crippen molar-refractivity contribution in [2.75, 3.05) is 7.05 Å². The van der Waals surface area contributed by atoms with Crippen molar-refractivity contribution in [3.63, 3.8) is 0 Å². The number of rotatable bonds is 6. The van der Waals surface area contributed by atoms with Crippen LogP contribution in [0.15, 0.2) is 133 Å². The smallest absolute Gasteiger partial charge is 0.358 e. The molecule has 6 rings (SSSR count). The lowest BCUT2D eigenvalue weighted by atomic mass is 9.76. The Bertz CT molecular complexity index is 1880. The van der Waals surface area contributed by atoms with E-state index < -0.39 is 10.5 Å². The molecule has 3 aromatic heterocycles. The van der Waals surface area contributed by atoms with Crippen molar-refractivity contribution in [1.29, 1.82) is 0 Å². The van der Waals surface area contributed by atoms with Crippen LogP contribution in [0.3, 0.4) is 0 Å². The van der Waals surface area contributed by atoms with Crippen LogP contribution in [-0.4, -0.2) is 32.3 Å². The number of amidine groups is 1. The monoisotopic (exact) mass is 563 g/mol. The van der Waals surface area contributed by atoms with Gasteiger partial charge in [0.1, 0.15) is 18.2 Å². The Morgan fingerprint density at radius 1 is 0.837 bits per heavy atom. The number of aromatic nitrogens is 3. The van der Waals surface area contributed by atoms with Crippen molar-refractivity contribution in [2.45, 2.75) is 12.5 Å². The van der Waals surface area contributed by atoms with Gasteiger partial charge in [-0.05, 0) is 52.3 Å². The zero-order valence-electron chi connectivity index (χ0n) is 23.8. The minimum absolute atomic E-state index is 0.221. The first-order valence-electron chi connectivity index (χ1n) is 13.6. The van der Waals surface area contributed by atoms with Gasteiger partial charge in [0, 0.05) is 29.2 Å². The summed E-state index contributed by atoms with van der Waals surface area (Å²) in [5.41, 5.74) is 5.39. The van der Waals surface area contributed by atoms with Crippen molar-refractivity contribution in [3.8, 4) is 12.8 Å². The van der Waals surface area contributed by atoms with E-state index in [0.29, 0.717) is 11.3 Å². The molecule has 0 N–H and O–H groups in total. The van der Waals surface area contributed by atoms with Gasteiger partial charge >= 0.3 is 5.84 Å². The number of nitrogens with zero attached hydrogens (tertiary/aromatic N) is 5. The SMILES string of the molecule is C#C.CN=C(/C=C(\C)c1ccc2c3cnccc3n(C(c3ccccc3)(c3ccccc3)c3ccccc3)c2n1)[N+](=O)[O-]. The molecule has 7 nitrogen and oxygen atoms in total. The van der Waals surface area contributed by atoms with Crippen LogP contribution in [0.4, 0.5) is 0 Å². The Kier molecular flexibility index (Phi) is 8.22. The number of allylic oxidation sites excluding steroid dienone is 1. The number of hydrogen-bond donors (Lipinski definition) is 0. The normalized spacial score (nSPS) is 12.1. The fraction of sp³-hybridized carbons (Fsp3) is 0.0833. The first kappa shape index (κ1) is 28.7. The number of hydrogen-bond acceptors (Lipinski definition) is 5. The Labute approximate surface area is 250 Å². The summed E-state index contributed by atoms with van der Waals surface area (Å²) < 4.78 is 2.29. The van der Waals surface area contributed by atoms with Crippen LogP contribution in [0, 0.1) is 23.0 Å². The van der Waals surface area contributed by atoms with Gasteiger partial charge in [0.05, 0.1) is 11.2 Å². The lowest BCUT2D eigenvalue weighted by Gasteiger charge is -2.38. The second-order valence-corrected chi connectivity index (χ2v) is 9.77. The van der Waals surface area contributed by atoms with Crippen molar-refractivity contribution < 1.29 is 4.92 Å². The fourth-order valence-corrected chi connectivity index (χ4v) is 5.68. The quantitative estimate of drug-likeness (QED) is 0.0528. The molecule has 0 saturated heterocycles. The van der Waals surface area contributed by atoms with E-state index in [9.17, 15) is 10.1 Å². The summed E-state index contributed by atoms with van der Waals surface area (Å²) in [4.78, 5) is 24.5. The predicted octanol–water partition coefficient (Wildman–Crippen LogP) is 7.38. The Morgan fingerprint density at radius 3 is 1.86 bits per heavy atom. The van der Waals surface area contributed by atoms with Gasteiger partial charge in [-0.2, -0.15) is 0 Å². The standard InChI is InChI=1S/C34H27N5O2.C2H2/c1-24(22-32(35-2)39(40)41)30-19-18-28-29-23-36-21-20-31(29)38(33(28)37-30)34(25-12-6-3-7-13-25,26-14-8-4-9-15-26)27-16-10-5-11-17-27;1-2/h3-23H,1-2H3;1-2H/b24-22+,35-32?;. The third-order valence-electron chi connectivity index (χ3n) is 7.49. The Balaban J connectivity index is 0.00000180. The molecule has 3 aromatic carbocycles. The zero-order valence-corrected chi connectivity index (χ0v) is 23.8. The van der Waals surface area contributed by atoms with Crippen molar-refractivity contribution in [3.05, 3.63) is 160 Å². The maximum absolute atomic E-state index is 11.5. The van der Waals surface area contributed by atoms with Gasteiger partial charge in [0.15, 0.2) is 0 Å². The molecule has 210 valence electrons. The molecule has 0 radical (unpaired) electrons. The summed E-state index contributed by atoms with van der Waals surface area (Å²) >= 11 is 0. The summed E-state index contributed by atoms with van der Waals surface area (Å²) in [6.07, 6.45) is 13.1. The number of aliphatic imine (C=N–C) groups is 1. The molecule has 0 fully saturated rings. The van der Waals surface area contributed by atoms with E-state index in [4.69, 9.17) is 4.98 Å². The lowest BCUT2D eigenvalue weighted by Crippen LogP contribution is -2.37. The van der Waals surface area contributed by atoms with Gasteiger partial charge in [-0.25, -0.2) is 4.98 Å². The first-order valence-corrected chi connectivity index (χ1v) is 13.6. The third kappa shape index (κ3) is 4.96. The highest BCUT2D eigenvalue weighted by molar-refractivity contribution is 6.07. The topological polar surface area (TPSA) is 86.2 Å². The summed E-state index contributed by atoms with van der Waals surface area (Å²) in [7, 11) is 1.41. The maximum Gasteiger partial charge on any atom is 0.358 e. The molecule has 0 amide bonds. The molecule has 0 aliphatic rings. The summed E-state index contributed by atoms with van der Waals surface area (Å²) in [5, 5.41) is 13.4. The second-order valence-electron chi connectivity index (χ2n) is 9.77. The van der Waals surface area contributed by atoms with Gasteiger partial charge in [0.25, 0.3) is 0 Å². The van der Waals surface area contributed by atoms with Crippen molar-refractivity contribution >= 4 is 33.3 Å². The number of terminal acetylenes is 1. The average molecular weight is 564 g/mol. The van der Waals surface area contributed by atoms with E-state index in [-0.39, 0.29) is 5.84 Å². The van der Waals surface area contributed by atoms with E-state index >= 15 is 0 Å². The molecular weight excluding hydrogens is 534 g/mol. The van der Waals surface area contributed by atoms with Crippen LogP contribution in [0.2, 0.25) is 0 Å². The molecular formula is C36H29N5O2. The second kappa shape index (κ2) is 12.3. The van der Waals surface area contributed by atoms with E-state index in [1.54, 1.807) is 6.20 Å². The number of benzene rings is 3. The molecule has 0 spiro atoms. The highest BCUT2D eigenvalue weighted by Crippen LogP contribution is 2.45. The largest absolute Gasteiger partial charge is 0.358 e. The van der Waals surface area contributed by atoms with Crippen LogP contribution >= 0.6 is 0 Å². The van der Waals surface area contributed by atoms with E-state index in [1.807, 2.05) is 49.5 Å². The summed E-state index contributed by atoms with van der Waals surface area (Å²) in [6.45, 7) is 1.82. The van der Waals surface area contributed by atoms with Crippen LogP contribution in [0.1, 0.15) is 29.3 Å². The molecule has 0 aliphatic carbocycles. The highest BCUT2D eigenvalue weighted by Gasteiger charge is 2.41. The minimum atomic E-state index is -0.800. The maximum atomic E-state index is 11.5. The minimum Gasteiger partial charge on any atom is -0.358 e. The molecule has 3 heterocycles. The Hall–Kier alpha value is -5.87. The third-order valence-corrected chi connectivity index (χ3v) is 7.49. The zero-order chi connectivity index (χ0) is 30.4. The fourth-order valence-electron chi connectivity index (χ4n) is 5.68. The van der Waals surface area contributed by atoms with Crippen molar-refractivity contribution in [1.82, 2.24) is 14.5 Å². The van der Waals surface area contributed by atoms with Gasteiger partial charge in [-0.15, -0.1) is 12.8 Å². The van der Waals surface area contributed by atoms with Gasteiger partial charge < -0.3 is 14.7 Å². The molecule has 0 atom stereocenters. The predicted molar refractivity (Wildman–Crippen MR) is 174 cm³/mol. The Morgan fingerprint density at radius 2 is 1.37 bits per heavy atom. The molecule has 0 aliphatic heterocycles. The summed E-state index contributed by atoms with van der Waals surface area (Å²) in [5.74, 6) is -0.221. The van der Waals surface area contributed by atoms with E-state index in [0.717, 1.165) is 38.6 Å².